The number of benzene rings is 1. The van der Waals surface area contributed by atoms with E-state index in [1.165, 1.54) is 17.1 Å². The van der Waals surface area contributed by atoms with Crippen LogP contribution in [0.4, 0.5) is 0 Å². The highest BCUT2D eigenvalue weighted by molar-refractivity contribution is 7.89. The van der Waals surface area contributed by atoms with Crippen molar-refractivity contribution in [2.24, 2.45) is 5.92 Å². The first-order valence-electron chi connectivity index (χ1n) is 11.6. The van der Waals surface area contributed by atoms with Gasteiger partial charge in [-0.2, -0.15) is 9.29 Å². The van der Waals surface area contributed by atoms with Crippen LogP contribution in [-0.4, -0.2) is 47.9 Å². The molecule has 2 aliphatic rings. The Hall–Kier alpha value is -2.26. The quantitative estimate of drug-likeness (QED) is 0.684. The highest BCUT2D eigenvalue weighted by Crippen LogP contribution is 2.29. The molecule has 2 aromatic rings. The molecule has 1 atom stereocenters. The molecular weight excluding hydrogens is 428 g/mol. The standard InChI is InChI=1S/C23H32N4O4S/c1-16-11-12-18(22-24-17(2)31-26-22)14-21(16)32(29,30)27-13-7-8-19(15-27)23(28)25-20-9-5-3-4-6-10-20/h11-12,14,19-20H,3-10,13,15H2,1-2H3,(H,25,28)/t19-/m1/s1. The van der Waals surface area contributed by atoms with Crippen LogP contribution in [0.1, 0.15) is 62.8 Å². The summed E-state index contributed by atoms with van der Waals surface area (Å²) in [5.74, 6) is 0.455. The molecule has 0 spiro atoms. The number of nitrogens with zero attached hydrogens (tertiary/aromatic N) is 3. The van der Waals surface area contributed by atoms with Crippen molar-refractivity contribution in [1.29, 1.82) is 0 Å². The van der Waals surface area contributed by atoms with Crippen molar-refractivity contribution in [3.05, 3.63) is 29.7 Å². The number of carbonyl (C=O) groups is 1. The lowest BCUT2D eigenvalue weighted by molar-refractivity contribution is -0.126. The second kappa shape index (κ2) is 9.70. The van der Waals surface area contributed by atoms with E-state index in [2.05, 4.69) is 15.5 Å². The van der Waals surface area contributed by atoms with E-state index in [0.717, 1.165) is 25.7 Å². The molecule has 0 bridgehead atoms. The molecular formula is C23H32N4O4S. The fraction of sp³-hybridized carbons (Fsp3) is 0.609. The fourth-order valence-electron chi connectivity index (χ4n) is 4.69. The van der Waals surface area contributed by atoms with Crippen molar-refractivity contribution in [2.45, 2.75) is 76.2 Å². The van der Waals surface area contributed by atoms with E-state index in [1.54, 1.807) is 32.0 Å². The van der Waals surface area contributed by atoms with Gasteiger partial charge >= 0.3 is 0 Å². The average molecular weight is 461 g/mol. The summed E-state index contributed by atoms with van der Waals surface area (Å²) < 4.78 is 33.6. The Kier molecular flexibility index (Phi) is 6.95. The number of nitrogens with one attached hydrogen (secondary N) is 1. The van der Waals surface area contributed by atoms with Gasteiger partial charge in [0.05, 0.1) is 10.8 Å². The summed E-state index contributed by atoms with van der Waals surface area (Å²) in [6, 6.07) is 5.37. The van der Waals surface area contributed by atoms with Crippen molar-refractivity contribution in [1.82, 2.24) is 19.8 Å². The molecule has 2 fully saturated rings. The zero-order valence-corrected chi connectivity index (χ0v) is 19.7. The van der Waals surface area contributed by atoms with Gasteiger partial charge in [-0.1, -0.05) is 43.0 Å². The summed E-state index contributed by atoms with van der Waals surface area (Å²) >= 11 is 0. The van der Waals surface area contributed by atoms with E-state index in [0.29, 0.717) is 42.2 Å². The van der Waals surface area contributed by atoms with Crippen LogP contribution >= 0.6 is 0 Å². The third kappa shape index (κ3) is 5.04. The Morgan fingerprint density at radius 2 is 1.84 bits per heavy atom. The highest BCUT2D eigenvalue weighted by atomic mass is 32.2. The average Bonchev–Trinajstić information content (AvgIpc) is 3.05. The summed E-state index contributed by atoms with van der Waals surface area (Å²) in [6.07, 6.45) is 8.16. The van der Waals surface area contributed by atoms with Crippen molar-refractivity contribution in [3.63, 3.8) is 0 Å². The van der Waals surface area contributed by atoms with Crippen molar-refractivity contribution in [2.75, 3.05) is 13.1 Å². The van der Waals surface area contributed by atoms with Gasteiger partial charge in [0.2, 0.25) is 27.6 Å². The highest BCUT2D eigenvalue weighted by Gasteiger charge is 2.35. The molecule has 1 saturated carbocycles. The molecule has 174 valence electrons. The number of hydrogen-bond donors (Lipinski definition) is 1. The lowest BCUT2D eigenvalue weighted by Gasteiger charge is -2.32. The molecule has 2 heterocycles. The predicted octanol–water partition coefficient (Wildman–Crippen LogP) is 3.59. The van der Waals surface area contributed by atoms with E-state index in [1.807, 2.05) is 0 Å². The second-order valence-corrected chi connectivity index (χ2v) is 10.9. The first-order valence-corrected chi connectivity index (χ1v) is 13.0. The third-order valence-electron chi connectivity index (χ3n) is 6.55. The van der Waals surface area contributed by atoms with E-state index in [-0.39, 0.29) is 29.3 Å². The molecule has 1 aliphatic heterocycles. The maximum atomic E-state index is 13.5. The van der Waals surface area contributed by atoms with E-state index >= 15 is 0 Å². The van der Waals surface area contributed by atoms with Crippen LogP contribution in [0, 0.1) is 19.8 Å². The molecule has 1 aromatic heterocycles. The summed E-state index contributed by atoms with van der Waals surface area (Å²) in [5, 5.41) is 7.10. The first-order chi connectivity index (χ1) is 15.3. The Labute approximate surface area is 189 Å². The molecule has 4 rings (SSSR count). The van der Waals surface area contributed by atoms with Crippen LogP contribution in [0.15, 0.2) is 27.6 Å². The van der Waals surface area contributed by atoms with Crippen LogP contribution in [-0.2, 0) is 14.8 Å². The number of rotatable bonds is 5. The van der Waals surface area contributed by atoms with Crippen molar-refractivity contribution < 1.29 is 17.7 Å². The first kappa shape index (κ1) is 22.9. The van der Waals surface area contributed by atoms with Gasteiger partial charge in [0, 0.05) is 31.6 Å². The minimum absolute atomic E-state index is 0.00968. The molecule has 1 saturated heterocycles. The zero-order valence-electron chi connectivity index (χ0n) is 18.8. The van der Waals surface area contributed by atoms with Gasteiger partial charge in [0.1, 0.15) is 0 Å². The molecule has 1 aliphatic carbocycles. The van der Waals surface area contributed by atoms with Crippen molar-refractivity contribution >= 4 is 15.9 Å². The molecule has 0 unspecified atom stereocenters. The SMILES string of the molecule is Cc1nc(-c2ccc(C)c(S(=O)(=O)N3CCC[C@@H](C(=O)NC4CCCCCC4)C3)c2)no1. The summed E-state index contributed by atoms with van der Waals surface area (Å²) in [5.41, 5.74) is 1.24. The smallest absolute Gasteiger partial charge is 0.243 e. The zero-order chi connectivity index (χ0) is 22.7. The molecule has 9 heteroatoms. The van der Waals surface area contributed by atoms with E-state index < -0.39 is 10.0 Å². The Bertz CT molecular complexity index is 1060. The number of amides is 1. The third-order valence-corrected chi connectivity index (χ3v) is 8.56. The van der Waals surface area contributed by atoms with Gasteiger partial charge in [-0.25, -0.2) is 8.42 Å². The van der Waals surface area contributed by atoms with Crippen LogP contribution in [0.25, 0.3) is 11.4 Å². The summed E-state index contributed by atoms with van der Waals surface area (Å²) in [7, 11) is -3.75. The Balaban J connectivity index is 1.50. The fourth-order valence-corrected chi connectivity index (χ4v) is 6.46. The van der Waals surface area contributed by atoms with Gasteiger partial charge in [-0.15, -0.1) is 0 Å². The van der Waals surface area contributed by atoms with Gasteiger partial charge in [0.25, 0.3) is 0 Å². The topological polar surface area (TPSA) is 105 Å². The molecule has 32 heavy (non-hydrogen) atoms. The van der Waals surface area contributed by atoms with Gasteiger partial charge < -0.3 is 9.84 Å². The van der Waals surface area contributed by atoms with Crippen molar-refractivity contribution in [3.8, 4) is 11.4 Å². The van der Waals surface area contributed by atoms with Crippen LogP contribution in [0.5, 0.6) is 0 Å². The number of hydrogen-bond acceptors (Lipinski definition) is 6. The summed E-state index contributed by atoms with van der Waals surface area (Å²) in [4.78, 5) is 17.4. The molecule has 1 amide bonds. The minimum Gasteiger partial charge on any atom is -0.353 e. The minimum atomic E-state index is -3.75. The van der Waals surface area contributed by atoms with Gasteiger partial charge in [-0.05, 0) is 44.2 Å². The maximum Gasteiger partial charge on any atom is 0.243 e. The van der Waals surface area contributed by atoms with E-state index in [9.17, 15) is 13.2 Å². The largest absolute Gasteiger partial charge is 0.353 e. The Morgan fingerprint density at radius 3 is 2.53 bits per heavy atom. The van der Waals surface area contributed by atoms with Crippen LogP contribution in [0.2, 0.25) is 0 Å². The lowest BCUT2D eigenvalue weighted by Crippen LogP contribution is -2.47. The van der Waals surface area contributed by atoms with Crippen LogP contribution < -0.4 is 5.32 Å². The molecule has 1 N–H and O–H groups in total. The Morgan fingerprint density at radius 1 is 1.09 bits per heavy atom. The number of aromatic nitrogens is 2. The van der Waals surface area contributed by atoms with Gasteiger partial charge in [0.15, 0.2) is 0 Å². The number of aryl methyl sites for hydroxylation is 2. The normalized spacial score (nSPS) is 21.2. The second-order valence-electron chi connectivity index (χ2n) is 9.02. The predicted molar refractivity (Wildman–Crippen MR) is 120 cm³/mol. The number of piperidine rings is 1. The van der Waals surface area contributed by atoms with Crippen LogP contribution in [0.3, 0.4) is 0 Å². The van der Waals surface area contributed by atoms with Gasteiger partial charge in [-0.3, -0.25) is 4.79 Å². The molecule has 8 nitrogen and oxygen atoms in total. The number of carbonyl (C=O) groups excluding carboxylic acids is 1. The number of sulfonamides is 1. The lowest BCUT2D eigenvalue weighted by atomic mass is 9.97. The molecule has 0 radical (unpaired) electrons. The monoisotopic (exact) mass is 460 g/mol. The van der Waals surface area contributed by atoms with E-state index in [4.69, 9.17) is 4.52 Å². The molecule has 1 aromatic carbocycles. The maximum absolute atomic E-state index is 13.5. The summed E-state index contributed by atoms with van der Waals surface area (Å²) in [6.45, 7) is 4.10.